The maximum absolute atomic E-state index is 11.3. The van der Waals surface area contributed by atoms with Crippen molar-refractivity contribution in [2.45, 2.75) is 13.3 Å². The molecule has 0 bridgehead atoms. The highest BCUT2D eigenvalue weighted by molar-refractivity contribution is 5.83. The maximum Gasteiger partial charge on any atom is 0.309 e. The van der Waals surface area contributed by atoms with Gasteiger partial charge in [0.15, 0.2) is 0 Å². The van der Waals surface area contributed by atoms with Crippen molar-refractivity contribution in [3.8, 4) is 0 Å². The first-order chi connectivity index (χ1) is 7.44. The van der Waals surface area contributed by atoms with E-state index >= 15 is 0 Å². The molecule has 0 saturated carbocycles. The molecular formula is C10H14N2O4. The molecule has 0 aromatic carbocycles. The van der Waals surface area contributed by atoms with Crippen LogP contribution < -0.4 is 5.32 Å². The lowest BCUT2D eigenvalue weighted by Gasteiger charge is -2.54. The van der Waals surface area contributed by atoms with E-state index in [0.717, 1.165) is 0 Å². The van der Waals surface area contributed by atoms with Crippen molar-refractivity contribution in [3.05, 3.63) is 0 Å². The van der Waals surface area contributed by atoms with Gasteiger partial charge in [0.2, 0.25) is 11.8 Å². The Balaban J connectivity index is 2.14. The molecular weight excluding hydrogens is 212 g/mol. The number of carbonyl (C=O) groups is 3. The highest BCUT2D eigenvalue weighted by Crippen LogP contribution is 2.43. The Labute approximate surface area is 92.6 Å². The molecule has 0 aromatic heterocycles. The molecule has 2 N–H and O–H groups in total. The second-order valence-electron chi connectivity index (χ2n) is 4.61. The first-order valence-electron chi connectivity index (χ1n) is 5.20. The first kappa shape index (κ1) is 10.9. The fourth-order valence-corrected chi connectivity index (χ4v) is 2.56. The van der Waals surface area contributed by atoms with Crippen molar-refractivity contribution in [1.82, 2.24) is 10.2 Å². The average molecular weight is 226 g/mol. The lowest BCUT2D eigenvalue weighted by molar-refractivity contribution is -0.167. The molecule has 2 saturated heterocycles. The zero-order valence-corrected chi connectivity index (χ0v) is 9.02. The Bertz CT molecular complexity index is 360. The summed E-state index contributed by atoms with van der Waals surface area (Å²) in [6.07, 6.45) is 0.202. The fourth-order valence-electron chi connectivity index (χ4n) is 2.56. The number of likely N-dealkylation sites (tertiary alicyclic amines) is 1. The monoisotopic (exact) mass is 226 g/mol. The van der Waals surface area contributed by atoms with Crippen LogP contribution in [-0.4, -0.2) is 47.4 Å². The van der Waals surface area contributed by atoms with Gasteiger partial charge in [0.25, 0.3) is 0 Å². The van der Waals surface area contributed by atoms with Crippen molar-refractivity contribution < 1.29 is 19.5 Å². The molecule has 2 aliphatic heterocycles. The maximum atomic E-state index is 11.3. The van der Waals surface area contributed by atoms with Crippen LogP contribution in [0.25, 0.3) is 0 Å². The third kappa shape index (κ3) is 1.54. The fraction of sp³-hybridized carbons (Fsp3) is 0.700. The SMILES string of the molecule is CC(=O)N1CC2(CC(=O)NCC2C(=O)O)C1. The molecule has 6 heteroatoms. The second kappa shape index (κ2) is 3.47. The highest BCUT2D eigenvalue weighted by atomic mass is 16.4. The van der Waals surface area contributed by atoms with Crippen molar-refractivity contribution in [3.63, 3.8) is 0 Å². The summed E-state index contributed by atoms with van der Waals surface area (Å²) in [7, 11) is 0. The smallest absolute Gasteiger partial charge is 0.309 e. The molecule has 2 heterocycles. The Morgan fingerprint density at radius 1 is 1.50 bits per heavy atom. The topological polar surface area (TPSA) is 86.7 Å². The Morgan fingerprint density at radius 2 is 2.12 bits per heavy atom. The van der Waals surface area contributed by atoms with Crippen LogP contribution in [0, 0.1) is 11.3 Å². The van der Waals surface area contributed by atoms with Crippen molar-refractivity contribution in [2.24, 2.45) is 11.3 Å². The molecule has 2 fully saturated rings. The molecule has 2 rings (SSSR count). The average Bonchev–Trinajstić information content (AvgIpc) is 2.12. The van der Waals surface area contributed by atoms with Gasteiger partial charge in [-0.15, -0.1) is 0 Å². The van der Waals surface area contributed by atoms with Crippen LogP contribution >= 0.6 is 0 Å². The summed E-state index contributed by atoms with van der Waals surface area (Å²) in [6.45, 7) is 2.38. The van der Waals surface area contributed by atoms with Gasteiger partial charge in [0, 0.05) is 38.4 Å². The molecule has 0 aromatic rings. The van der Waals surface area contributed by atoms with E-state index in [0.29, 0.717) is 13.1 Å². The largest absolute Gasteiger partial charge is 0.481 e. The summed E-state index contributed by atoms with van der Waals surface area (Å²) in [5.74, 6) is -1.68. The number of carboxylic acid groups (broad SMARTS) is 1. The molecule has 0 radical (unpaired) electrons. The summed E-state index contributed by atoms with van der Waals surface area (Å²) in [4.78, 5) is 35.1. The van der Waals surface area contributed by atoms with E-state index in [2.05, 4.69) is 5.32 Å². The zero-order chi connectivity index (χ0) is 11.9. The second-order valence-corrected chi connectivity index (χ2v) is 4.61. The van der Waals surface area contributed by atoms with Gasteiger partial charge in [-0.05, 0) is 0 Å². The van der Waals surface area contributed by atoms with Crippen LogP contribution in [0.4, 0.5) is 0 Å². The normalized spacial score (nSPS) is 27.2. The zero-order valence-electron chi connectivity index (χ0n) is 9.02. The number of aliphatic carboxylic acids is 1. The molecule has 2 amide bonds. The Kier molecular flexibility index (Phi) is 2.36. The highest BCUT2D eigenvalue weighted by Gasteiger charge is 2.55. The standard InChI is InChI=1S/C10H14N2O4/c1-6(13)12-4-10(5-12)2-8(14)11-3-7(10)9(15)16/h7H,2-5H2,1H3,(H,11,14)(H,15,16). The van der Waals surface area contributed by atoms with Crippen molar-refractivity contribution in [2.75, 3.05) is 19.6 Å². The lowest BCUT2D eigenvalue weighted by Crippen LogP contribution is -2.67. The van der Waals surface area contributed by atoms with E-state index in [1.54, 1.807) is 4.90 Å². The molecule has 88 valence electrons. The summed E-state index contributed by atoms with van der Waals surface area (Å²) < 4.78 is 0. The van der Waals surface area contributed by atoms with Crippen LogP contribution in [0.15, 0.2) is 0 Å². The molecule has 2 aliphatic rings. The third-order valence-electron chi connectivity index (χ3n) is 3.51. The Hall–Kier alpha value is -1.59. The predicted octanol–water partition coefficient (Wildman–Crippen LogP) is -0.944. The Morgan fingerprint density at radius 3 is 2.62 bits per heavy atom. The van der Waals surface area contributed by atoms with Crippen LogP contribution in [-0.2, 0) is 14.4 Å². The minimum atomic E-state index is -0.900. The number of carboxylic acids is 1. The lowest BCUT2D eigenvalue weighted by atomic mass is 9.65. The predicted molar refractivity (Wildman–Crippen MR) is 53.4 cm³/mol. The van der Waals surface area contributed by atoms with Crippen LogP contribution in [0.1, 0.15) is 13.3 Å². The van der Waals surface area contributed by atoms with Crippen LogP contribution in [0.5, 0.6) is 0 Å². The van der Waals surface area contributed by atoms with Gasteiger partial charge in [-0.3, -0.25) is 14.4 Å². The van der Waals surface area contributed by atoms with E-state index in [9.17, 15) is 14.4 Å². The summed E-state index contributed by atoms with van der Waals surface area (Å²) >= 11 is 0. The van der Waals surface area contributed by atoms with E-state index in [1.807, 2.05) is 0 Å². The van der Waals surface area contributed by atoms with Crippen molar-refractivity contribution in [1.29, 1.82) is 0 Å². The first-order valence-corrected chi connectivity index (χ1v) is 5.20. The minimum absolute atomic E-state index is 0.0688. The molecule has 1 atom stereocenters. The number of carbonyl (C=O) groups excluding carboxylic acids is 2. The summed E-state index contributed by atoms with van der Waals surface area (Å²) in [6, 6.07) is 0. The molecule has 6 nitrogen and oxygen atoms in total. The minimum Gasteiger partial charge on any atom is -0.481 e. The van der Waals surface area contributed by atoms with Gasteiger partial charge in [-0.2, -0.15) is 0 Å². The molecule has 16 heavy (non-hydrogen) atoms. The van der Waals surface area contributed by atoms with Gasteiger partial charge in [-0.1, -0.05) is 0 Å². The molecule has 1 spiro atoms. The van der Waals surface area contributed by atoms with E-state index < -0.39 is 17.3 Å². The molecule has 1 unspecified atom stereocenters. The van der Waals surface area contributed by atoms with Crippen LogP contribution in [0.2, 0.25) is 0 Å². The van der Waals surface area contributed by atoms with Crippen molar-refractivity contribution >= 4 is 17.8 Å². The van der Waals surface area contributed by atoms with Crippen LogP contribution in [0.3, 0.4) is 0 Å². The number of hydrogen-bond donors (Lipinski definition) is 2. The van der Waals surface area contributed by atoms with Gasteiger partial charge < -0.3 is 15.3 Å². The summed E-state index contributed by atoms with van der Waals surface area (Å²) in [5, 5.41) is 11.7. The number of piperidine rings is 1. The van der Waals surface area contributed by atoms with Gasteiger partial charge in [0.1, 0.15) is 0 Å². The molecule has 0 aliphatic carbocycles. The third-order valence-corrected chi connectivity index (χ3v) is 3.51. The van der Waals surface area contributed by atoms with Gasteiger partial charge in [0.05, 0.1) is 5.92 Å². The van der Waals surface area contributed by atoms with E-state index in [4.69, 9.17) is 5.11 Å². The van der Waals surface area contributed by atoms with E-state index in [-0.39, 0.29) is 24.8 Å². The van der Waals surface area contributed by atoms with Gasteiger partial charge in [-0.25, -0.2) is 0 Å². The summed E-state index contributed by atoms with van der Waals surface area (Å²) in [5.41, 5.74) is -0.542. The number of nitrogens with zero attached hydrogens (tertiary/aromatic N) is 1. The quantitative estimate of drug-likeness (QED) is 0.604. The number of amides is 2. The number of nitrogens with one attached hydrogen (secondary N) is 1. The van der Waals surface area contributed by atoms with E-state index in [1.165, 1.54) is 6.92 Å². The van der Waals surface area contributed by atoms with Gasteiger partial charge >= 0.3 is 5.97 Å². The number of hydrogen-bond acceptors (Lipinski definition) is 3. The number of rotatable bonds is 1.